The van der Waals surface area contributed by atoms with Gasteiger partial charge in [-0.15, -0.1) is 0 Å². The predicted octanol–water partition coefficient (Wildman–Crippen LogP) is 0.0928. The van der Waals surface area contributed by atoms with Crippen molar-refractivity contribution < 1.29 is 4.90 Å². The van der Waals surface area contributed by atoms with Crippen LogP contribution in [0.15, 0.2) is 0 Å². The van der Waals surface area contributed by atoms with Crippen LogP contribution in [-0.4, -0.2) is 13.6 Å². The highest BCUT2D eigenvalue weighted by Crippen LogP contribution is 1.77. The zero-order chi connectivity index (χ0) is 5.70. The van der Waals surface area contributed by atoms with E-state index in [0.717, 1.165) is 0 Å². The Hall–Kier alpha value is -0.0400. The zero-order valence-electron chi connectivity index (χ0n) is 5.33. The van der Waals surface area contributed by atoms with Crippen molar-refractivity contribution in [3.05, 3.63) is 7.05 Å². The van der Waals surface area contributed by atoms with E-state index in [1.165, 1.54) is 24.3 Å². The molecule has 0 saturated heterocycles. The van der Waals surface area contributed by atoms with Crippen molar-refractivity contribution in [1.82, 2.24) is 0 Å². The first-order valence-corrected chi connectivity index (χ1v) is 2.91. The van der Waals surface area contributed by atoms with Crippen LogP contribution in [0, 0.1) is 7.05 Å². The number of hydrogen-bond donors (Lipinski definition) is 1. The van der Waals surface area contributed by atoms with E-state index < -0.39 is 0 Å². The van der Waals surface area contributed by atoms with Crippen LogP contribution in [0.1, 0.15) is 19.8 Å². The molecule has 1 heteroatoms. The highest BCUT2D eigenvalue weighted by molar-refractivity contribution is 4.25. The van der Waals surface area contributed by atoms with Crippen LogP contribution in [0.2, 0.25) is 0 Å². The van der Waals surface area contributed by atoms with Crippen LogP contribution in [-0.2, 0) is 0 Å². The molecule has 0 aliphatic heterocycles. The molecule has 0 radical (unpaired) electrons. The van der Waals surface area contributed by atoms with Gasteiger partial charge in [0.25, 0.3) is 0 Å². The smallest absolute Gasteiger partial charge is 0.0528 e. The van der Waals surface area contributed by atoms with Gasteiger partial charge in [-0.2, -0.15) is 7.05 Å². The summed E-state index contributed by atoms with van der Waals surface area (Å²) in [5, 5.41) is 0. The Bertz CT molecular complexity index is 33.2. The first-order chi connectivity index (χ1) is 3.27. The fourth-order valence-electron chi connectivity index (χ4n) is 0.479. The van der Waals surface area contributed by atoms with Crippen molar-refractivity contribution >= 4 is 0 Å². The second-order valence-corrected chi connectivity index (χ2v) is 2.06. The fraction of sp³-hybridized carbons (Fsp3) is 0.833. The van der Waals surface area contributed by atoms with Crippen LogP contribution in [0.5, 0.6) is 0 Å². The van der Waals surface area contributed by atoms with Crippen LogP contribution < -0.4 is 4.90 Å². The Morgan fingerprint density at radius 1 is 1.57 bits per heavy atom. The van der Waals surface area contributed by atoms with Crippen LogP contribution in [0.3, 0.4) is 0 Å². The lowest BCUT2D eigenvalue weighted by atomic mass is 10.3. The third-order valence-corrected chi connectivity index (χ3v) is 0.957. The van der Waals surface area contributed by atoms with E-state index in [0.29, 0.717) is 0 Å². The van der Waals surface area contributed by atoms with E-state index in [1.807, 2.05) is 0 Å². The van der Waals surface area contributed by atoms with Crippen molar-refractivity contribution in [2.75, 3.05) is 13.6 Å². The molecule has 44 valence electrons. The van der Waals surface area contributed by atoms with E-state index in [2.05, 4.69) is 21.0 Å². The quantitative estimate of drug-likeness (QED) is 0.481. The molecule has 0 aliphatic rings. The molecule has 0 heterocycles. The summed E-state index contributed by atoms with van der Waals surface area (Å²) in [6, 6.07) is 0. The van der Waals surface area contributed by atoms with Crippen LogP contribution in [0.25, 0.3) is 0 Å². The number of quaternary nitrogens is 1. The molecule has 0 saturated carbocycles. The average Bonchev–Trinajstić information content (AvgIpc) is 1.61. The summed E-state index contributed by atoms with van der Waals surface area (Å²) in [5.74, 6) is 0. The molecule has 0 spiro atoms. The largest absolute Gasteiger partial charge is 0.470 e. The van der Waals surface area contributed by atoms with Gasteiger partial charge in [0.2, 0.25) is 0 Å². The van der Waals surface area contributed by atoms with Gasteiger partial charge >= 0.3 is 0 Å². The van der Waals surface area contributed by atoms with E-state index in [4.69, 9.17) is 0 Å². The van der Waals surface area contributed by atoms with Gasteiger partial charge in [-0.05, 0) is 6.42 Å². The molecular formula is C6H15N. The fourth-order valence-corrected chi connectivity index (χ4v) is 0.479. The van der Waals surface area contributed by atoms with Crippen LogP contribution in [0.4, 0.5) is 0 Å². The number of unbranched alkanes of at least 4 members (excludes halogenated alkanes) is 1. The van der Waals surface area contributed by atoms with Crippen LogP contribution >= 0.6 is 0 Å². The molecule has 1 unspecified atom stereocenters. The van der Waals surface area contributed by atoms with Gasteiger partial charge in [-0.3, -0.25) is 0 Å². The molecule has 1 nitrogen and oxygen atoms in total. The third kappa shape index (κ3) is 5.96. The Kier molecular flexibility index (Phi) is 4.10. The van der Waals surface area contributed by atoms with E-state index in [-0.39, 0.29) is 0 Å². The predicted molar refractivity (Wildman–Crippen MR) is 32.0 cm³/mol. The maximum Gasteiger partial charge on any atom is 0.0528 e. The Labute approximate surface area is 46.3 Å². The molecule has 0 aromatic carbocycles. The number of nitrogens with one attached hydrogen (secondary N) is 1. The van der Waals surface area contributed by atoms with Crippen molar-refractivity contribution in [2.45, 2.75) is 19.8 Å². The summed E-state index contributed by atoms with van der Waals surface area (Å²) in [7, 11) is 5.87. The molecule has 0 bridgehead atoms. The molecule has 0 aromatic rings. The Balaban J connectivity index is 2.68. The Morgan fingerprint density at radius 2 is 2.14 bits per heavy atom. The van der Waals surface area contributed by atoms with Gasteiger partial charge in [0.15, 0.2) is 0 Å². The molecule has 0 rings (SSSR count). The van der Waals surface area contributed by atoms with Crippen molar-refractivity contribution in [3.63, 3.8) is 0 Å². The second kappa shape index (κ2) is 4.13. The molecule has 1 N–H and O–H groups in total. The van der Waals surface area contributed by atoms with Gasteiger partial charge in [0.1, 0.15) is 0 Å². The van der Waals surface area contributed by atoms with Crippen molar-refractivity contribution in [1.29, 1.82) is 0 Å². The lowest BCUT2D eigenvalue weighted by Gasteiger charge is -2.11. The highest BCUT2D eigenvalue weighted by atomic mass is 15.0. The molecule has 1 atom stereocenters. The minimum atomic E-state index is 1.20. The van der Waals surface area contributed by atoms with E-state index in [1.54, 1.807) is 0 Å². The second-order valence-electron chi connectivity index (χ2n) is 2.06. The lowest BCUT2D eigenvalue weighted by Crippen LogP contribution is -3.03. The minimum Gasteiger partial charge on any atom is -0.470 e. The summed E-state index contributed by atoms with van der Waals surface area (Å²) < 4.78 is 0. The lowest BCUT2D eigenvalue weighted by molar-refractivity contribution is -0.831. The number of rotatable bonds is 3. The SMILES string of the molecule is [CH2-][NH+](C)CCCC. The summed E-state index contributed by atoms with van der Waals surface area (Å²) in [4.78, 5) is 1.31. The summed E-state index contributed by atoms with van der Waals surface area (Å²) in [5.41, 5.74) is 0. The maximum atomic E-state index is 3.79. The Morgan fingerprint density at radius 3 is 2.29 bits per heavy atom. The van der Waals surface area contributed by atoms with Gasteiger partial charge in [0, 0.05) is 7.05 Å². The normalized spacial score (nSPS) is 14.1. The topological polar surface area (TPSA) is 4.44 Å². The highest BCUT2D eigenvalue weighted by Gasteiger charge is 1.82. The summed E-state index contributed by atoms with van der Waals surface area (Å²) in [6.45, 7) is 3.40. The first-order valence-electron chi connectivity index (χ1n) is 2.91. The average molecular weight is 101 g/mol. The van der Waals surface area contributed by atoms with Crippen molar-refractivity contribution in [3.8, 4) is 0 Å². The van der Waals surface area contributed by atoms with Crippen molar-refractivity contribution in [2.24, 2.45) is 0 Å². The molecule has 0 aromatic heterocycles. The van der Waals surface area contributed by atoms with Gasteiger partial charge in [-0.25, -0.2) is 0 Å². The van der Waals surface area contributed by atoms with E-state index in [9.17, 15) is 0 Å². The molecule has 7 heavy (non-hydrogen) atoms. The first kappa shape index (κ1) is 6.96. The molecule has 0 aliphatic carbocycles. The summed E-state index contributed by atoms with van der Waals surface area (Å²) >= 11 is 0. The minimum absolute atomic E-state index is 1.20. The van der Waals surface area contributed by atoms with Gasteiger partial charge in [0.05, 0.1) is 6.54 Å². The molecule has 0 amide bonds. The third-order valence-electron chi connectivity index (χ3n) is 0.957. The number of hydrogen-bond acceptors (Lipinski definition) is 0. The van der Waals surface area contributed by atoms with E-state index >= 15 is 0 Å². The van der Waals surface area contributed by atoms with Gasteiger partial charge in [-0.1, -0.05) is 13.3 Å². The molecule has 0 fully saturated rings. The summed E-state index contributed by atoms with van der Waals surface area (Å²) in [6.07, 6.45) is 2.59. The standard InChI is InChI=1S/C6H15N/c1-4-5-6-7(2)3/h7H,2,4-6H2,1,3H3. The van der Waals surface area contributed by atoms with Gasteiger partial charge < -0.3 is 4.90 Å². The maximum absolute atomic E-state index is 3.79. The monoisotopic (exact) mass is 101 g/mol. The molecular weight excluding hydrogens is 86.1 g/mol. The zero-order valence-corrected chi connectivity index (χ0v) is 5.33.